The summed E-state index contributed by atoms with van der Waals surface area (Å²) in [5.41, 5.74) is 5.17. The Labute approximate surface area is 103 Å². The Kier molecular flexibility index (Phi) is 6.16. The van der Waals surface area contributed by atoms with Crippen molar-refractivity contribution < 1.29 is 14.7 Å². The molecular formula is C12H24N2O3. The van der Waals surface area contributed by atoms with Gasteiger partial charge in [-0.05, 0) is 26.7 Å². The third kappa shape index (κ3) is 4.34. The van der Waals surface area contributed by atoms with E-state index in [-0.39, 0.29) is 24.9 Å². The van der Waals surface area contributed by atoms with E-state index in [1.165, 1.54) is 0 Å². The number of rotatable bonds is 7. The van der Waals surface area contributed by atoms with Gasteiger partial charge in [0.05, 0.1) is 12.0 Å². The molecule has 100 valence electrons. The Morgan fingerprint density at radius 3 is 2.06 bits per heavy atom. The Bertz CT molecular complexity index is 273. The second-order valence-corrected chi connectivity index (χ2v) is 4.60. The van der Waals surface area contributed by atoms with E-state index in [2.05, 4.69) is 0 Å². The second-order valence-electron chi connectivity index (χ2n) is 4.60. The summed E-state index contributed by atoms with van der Waals surface area (Å²) >= 11 is 0. The normalized spacial score (nSPS) is 11.6. The van der Waals surface area contributed by atoms with Crippen molar-refractivity contribution in [1.82, 2.24) is 4.90 Å². The molecule has 0 aromatic heterocycles. The fourth-order valence-electron chi connectivity index (χ4n) is 1.65. The van der Waals surface area contributed by atoms with E-state index in [1.807, 2.05) is 27.7 Å². The fourth-order valence-corrected chi connectivity index (χ4v) is 1.65. The summed E-state index contributed by atoms with van der Waals surface area (Å²) in [5, 5.41) is 8.67. The number of carboxylic acid groups (broad SMARTS) is 1. The second kappa shape index (κ2) is 6.59. The van der Waals surface area contributed by atoms with Crippen molar-refractivity contribution in [3.8, 4) is 0 Å². The molecule has 0 aliphatic carbocycles. The summed E-state index contributed by atoms with van der Waals surface area (Å²) < 4.78 is 0. The fraction of sp³-hybridized carbons (Fsp3) is 0.833. The van der Waals surface area contributed by atoms with Gasteiger partial charge in [0.15, 0.2) is 0 Å². The standard InChI is InChI=1S/C12H24N2O3/c1-5-12(13,6-2)11(17)14(9(3)4)8-7-10(15)16/h9H,5-8,13H2,1-4H3,(H,15,16). The maximum absolute atomic E-state index is 12.3. The highest BCUT2D eigenvalue weighted by Crippen LogP contribution is 2.17. The van der Waals surface area contributed by atoms with Gasteiger partial charge in [-0.3, -0.25) is 9.59 Å². The largest absolute Gasteiger partial charge is 0.481 e. The number of hydrogen-bond donors (Lipinski definition) is 2. The molecule has 5 heteroatoms. The minimum Gasteiger partial charge on any atom is -0.481 e. The number of nitrogens with zero attached hydrogens (tertiary/aromatic N) is 1. The molecule has 0 aliphatic heterocycles. The molecule has 5 nitrogen and oxygen atoms in total. The van der Waals surface area contributed by atoms with Crippen LogP contribution in [0.4, 0.5) is 0 Å². The highest BCUT2D eigenvalue weighted by Gasteiger charge is 2.35. The quantitative estimate of drug-likeness (QED) is 0.705. The lowest BCUT2D eigenvalue weighted by Gasteiger charge is -2.35. The summed E-state index contributed by atoms with van der Waals surface area (Å²) in [6.45, 7) is 7.69. The van der Waals surface area contributed by atoms with E-state index in [4.69, 9.17) is 10.8 Å². The smallest absolute Gasteiger partial charge is 0.305 e. The van der Waals surface area contributed by atoms with E-state index >= 15 is 0 Å². The Morgan fingerprint density at radius 2 is 1.76 bits per heavy atom. The highest BCUT2D eigenvalue weighted by atomic mass is 16.4. The van der Waals surface area contributed by atoms with Gasteiger partial charge in [0.25, 0.3) is 0 Å². The van der Waals surface area contributed by atoms with Crippen LogP contribution in [0.2, 0.25) is 0 Å². The van der Waals surface area contributed by atoms with Crippen LogP contribution in [0.1, 0.15) is 47.0 Å². The van der Waals surface area contributed by atoms with Crippen molar-refractivity contribution in [2.75, 3.05) is 6.54 Å². The van der Waals surface area contributed by atoms with Crippen LogP contribution >= 0.6 is 0 Å². The molecule has 0 unspecified atom stereocenters. The first kappa shape index (κ1) is 15.9. The zero-order valence-electron chi connectivity index (χ0n) is 11.2. The maximum Gasteiger partial charge on any atom is 0.305 e. The maximum atomic E-state index is 12.3. The van der Waals surface area contributed by atoms with Crippen LogP contribution in [0, 0.1) is 0 Å². The van der Waals surface area contributed by atoms with Crippen LogP contribution < -0.4 is 5.73 Å². The number of amides is 1. The number of carboxylic acids is 1. The molecule has 0 radical (unpaired) electrons. The molecule has 0 saturated carbocycles. The molecule has 0 aromatic carbocycles. The van der Waals surface area contributed by atoms with Crippen LogP contribution in [0.15, 0.2) is 0 Å². The monoisotopic (exact) mass is 244 g/mol. The first-order chi connectivity index (χ1) is 7.78. The molecule has 1 amide bonds. The number of carbonyl (C=O) groups is 2. The number of hydrogen-bond acceptors (Lipinski definition) is 3. The van der Waals surface area contributed by atoms with Gasteiger partial charge >= 0.3 is 5.97 Å². The number of carbonyl (C=O) groups excluding carboxylic acids is 1. The van der Waals surface area contributed by atoms with Gasteiger partial charge in [-0.25, -0.2) is 0 Å². The SMILES string of the molecule is CCC(N)(CC)C(=O)N(CCC(=O)O)C(C)C. The van der Waals surface area contributed by atoms with Gasteiger partial charge < -0.3 is 15.7 Å². The average Bonchev–Trinajstić information content (AvgIpc) is 2.27. The lowest BCUT2D eigenvalue weighted by atomic mass is 9.92. The van der Waals surface area contributed by atoms with Crippen LogP contribution in [0.25, 0.3) is 0 Å². The van der Waals surface area contributed by atoms with Crippen LogP contribution in [0.3, 0.4) is 0 Å². The molecular weight excluding hydrogens is 220 g/mol. The minimum absolute atomic E-state index is 0.0390. The summed E-state index contributed by atoms with van der Waals surface area (Å²) in [6.07, 6.45) is 1.06. The first-order valence-corrected chi connectivity index (χ1v) is 6.10. The third-order valence-corrected chi connectivity index (χ3v) is 3.14. The molecule has 0 aromatic rings. The van der Waals surface area contributed by atoms with Crippen LogP contribution in [0.5, 0.6) is 0 Å². The van der Waals surface area contributed by atoms with Crippen LogP contribution in [-0.4, -0.2) is 40.0 Å². The molecule has 0 saturated heterocycles. The van der Waals surface area contributed by atoms with E-state index in [1.54, 1.807) is 4.90 Å². The van der Waals surface area contributed by atoms with Gasteiger partial charge in [-0.2, -0.15) is 0 Å². The summed E-state index contributed by atoms with van der Waals surface area (Å²) in [5.74, 6) is -1.06. The van der Waals surface area contributed by atoms with Crippen molar-refractivity contribution in [3.05, 3.63) is 0 Å². The Morgan fingerprint density at radius 1 is 1.29 bits per heavy atom. The molecule has 0 rings (SSSR count). The van der Waals surface area contributed by atoms with Crippen molar-refractivity contribution in [2.24, 2.45) is 5.73 Å². The number of nitrogens with two attached hydrogens (primary N) is 1. The molecule has 0 bridgehead atoms. The van der Waals surface area contributed by atoms with E-state index in [0.717, 1.165) is 0 Å². The van der Waals surface area contributed by atoms with Gasteiger partial charge in [-0.15, -0.1) is 0 Å². The highest BCUT2D eigenvalue weighted by molar-refractivity contribution is 5.86. The molecule has 0 atom stereocenters. The zero-order valence-corrected chi connectivity index (χ0v) is 11.2. The first-order valence-electron chi connectivity index (χ1n) is 6.10. The lowest BCUT2D eigenvalue weighted by molar-refractivity contribution is -0.141. The number of aliphatic carboxylic acids is 1. The summed E-state index contributed by atoms with van der Waals surface area (Å²) in [7, 11) is 0. The molecule has 3 N–H and O–H groups in total. The van der Waals surface area contributed by atoms with Crippen molar-refractivity contribution in [2.45, 2.75) is 58.5 Å². The predicted octanol–water partition coefficient (Wildman–Crippen LogP) is 1.22. The predicted molar refractivity (Wildman–Crippen MR) is 66.6 cm³/mol. The zero-order chi connectivity index (χ0) is 13.6. The van der Waals surface area contributed by atoms with E-state index in [0.29, 0.717) is 12.8 Å². The lowest BCUT2D eigenvalue weighted by Crippen LogP contribution is -2.56. The van der Waals surface area contributed by atoms with Crippen molar-refractivity contribution >= 4 is 11.9 Å². The molecule has 0 heterocycles. The summed E-state index contributed by atoms with van der Waals surface area (Å²) in [6, 6.07) is -0.0390. The molecule has 0 spiro atoms. The van der Waals surface area contributed by atoms with E-state index < -0.39 is 11.5 Å². The van der Waals surface area contributed by atoms with Gasteiger partial charge in [-0.1, -0.05) is 13.8 Å². The van der Waals surface area contributed by atoms with Crippen molar-refractivity contribution in [1.29, 1.82) is 0 Å². The topological polar surface area (TPSA) is 83.6 Å². The van der Waals surface area contributed by atoms with Gasteiger partial charge in [0.2, 0.25) is 5.91 Å². The minimum atomic E-state index is -0.904. The van der Waals surface area contributed by atoms with Gasteiger partial charge in [0.1, 0.15) is 0 Å². The Hall–Kier alpha value is -1.10. The van der Waals surface area contributed by atoms with Gasteiger partial charge in [0, 0.05) is 12.6 Å². The van der Waals surface area contributed by atoms with Crippen LogP contribution in [-0.2, 0) is 9.59 Å². The Balaban J connectivity index is 4.81. The molecule has 0 aliphatic rings. The average molecular weight is 244 g/mol. The third-order valence-electron chi connectivity index (χ3n) is 3.14. The summed E-state index contributed by atoms with van der Waals surface area (Å²) in [4.78, 5) is 24.4. The molecule has 0 fully saturated rings. The van der Waals surface area contributed by atoms with E-state index in [9.17, 15) is 9.59 Å². The van der Waals surface area contributed by atoms with Crippen molar-refractivity contribution in [3.63, 3.8) is 0 Å². The molecule has 17 heavy (non-hydrogen) atoms.